The monoisotopic (exact) mass is 539 g/mol. The molecule has 0 saturated carbocycles. The van der Waals surface area contributed by atoms with E-state index in [1.54, 1.807) is 18.2 Å². The average Bonchev–Trinajstić information content (AvgIpc) is 3.24. The van der Waals surface area contributed by atoms with E-state index in [1.807, 2.05) is 67.9 Å². The lowest BCUT2D eigenvalue weighted by Crippen LogP contribution is -2.20. The first-order chi connectivity index (χ1) is 17.7. The molecule has 4 aromatic rings. The molecule has 8 heteroatoms. The van der Waals surface area contributed by atoms with E-state index in [-0.39, 0.29) is 22.3 Å². The lowest BCUT2D eigenvalue weighted by Gasteiger charge is -2.25. The maximum Gasteiger partial charge on any atom is 0.358 e. The highest BCUT2D eigenvalue weighted by molar-refractivity contribution is 6.31. The summed E-state index contributed by atoms with van der Waals surface area (Å²) in [6.07, 6.45) is 0. The standard InChI is InChI=1S/C29H28Cl2FN3O2/c1-17(2)28-24(27(29(36)37-4)34-35(28)16-19-9-6-5-7-10-19)26(21-14-13-20(30)15-18(21)3)33-23-12-8-11-22(31)25(23)32/h5-15,17,26,33H,16H2,1-4H3. The third-order valence-corrected chi connectivity index (χ3v) is 6.74. The number of ether oxygens (including phenoxy) is 1. The molecule has 192 valence electrons. The van der Waals surface area contributed by atoms with Gasteiger partial charge in [0.05, 0.1) is 30.4 Å². The van der Waals surface area contributed by atoms with Crippen molar-refractivity contribution in [3.8, 4) is 0 Å². The maximum absolute atomic E-state index is 15.1. The van der Waals surface area contributed by atoms with E-state index < -0.39 is 17.8 Å². The van der Waals surface area contributed by atoms with Gasteiger partial charge in [0, 0.05) is 16.3 Å². The van der Waals surface area contributed by atoms with Gasteiger partial charge in [-0.05, 0) is 53.8 Å². The first kappa shape index (κ1) is 26.7. The zero-order chi connectivity index (χ0) is 26.7. The molecule has 1 heterocycles. The molecule has 3 aromatic carbocycles. The van der Waals surface area contributed by atoms with Gasteiger partial charge in [-0.1, -0.05) is 79.5 Å². The van der Waals surface area contributed by atoms with Crippen molar-refractivity contribution in [3.05, 3.63) is 116 Å². The van der Waals surface area contributed by atoms with Gasteiger partial charge >= 0.3 is 5.97 Å². The van der Waals surface area contributed by atoms with Gasteiger partial charge in [-0.25, -0.2) is 9.18 Å². The van der Waals surface area contributed by atoms with E-state index in [2.05, 4.69) is 5.32 Å². The Hall–Kier alpha value is -3.35. The van der Waals surface area contributed by atoms with Crippen molar-refractivity contribution in [2.45, 2.75) is 39.3 Å². The number of nitrogens with one attached hydrogen (secondary N) is 1. The van der Waals surface area contributed by atoms with Crippen molar-refractivity contribution in [3.63, 3.8) is 0 Å². The summed E-state index contributed by atoms with van der Waals surface area (Å²) in [6, 6.07) is 19.5. The second-order valence-corrected chi connectivity index (χ2v) is 9.96. The van der Waals surface area contributed by atoms with Gasteiger partial charge in [0.15, 0.2) is 11.5 Å². The maximum atomic E-state index is 15.1. The predicted octanol–water partition coefficient (Wildman–Crippen LogP) is 7.80. The van der Waals surface area contributed by atoms with E-state index >= 15 is 4.39 Å². The van der Waals surface area contributed by atoms with Gasteiger partial charge in [-0.15, -0.1) is 0 Å². The lowest BCUT2D eigenvalue weighted by atomic mass is 9.90. The predicted molar refractivity (Wildman–Crippen MR) is 146 cm³/mol. The molecule has 0 aliphatic carbocycles. The number of aryl methyl sites for hydroxylation is 1. The van der Waals surface area contributed by atoms with Crippen molar-refractivity contribution in [1.29, 1.82) is 0 Å². The van der Waals surface area contributed by atoms with E-state index in [0.717, 1.165) is 22.4 Å². The summed E-state index contributed by atoms with van der Waals surface area (Å²) in [5, 5.41) is 8.61. The molecule has 0 aliphatic heterocycles. The van der Waals surface area contributed by atoms with Crippen LogP contribution in [0.15, 0.2) is 66.7 Å². The molecule has 0 spiro atoms. The minimum atomic E-state index is -0.652. The summed E-state index contributed by atoms with van der Waals surface area (Å²) in [6.45, 7) is 6.45. The molecule has 4 rings (SSSR count). The van der Waals surface area contributed by atoms with Crippen molar-refractivity contribution < 1.29 is 13.9 Å². The Morgan fingerprint density at radius 1 is 1.08 bits per heavy atom. The van der Waals surface area contributed by atoms with Crippen LogP contribution in [0, 0.1) is 12.7 Å². The Labute approximate surface area is 226 Å². The number of nitrogens with zero attached hydrogens (tertiary/aromatic N) is 2. The molecule has 5 nitrogen and oxygen atoms in total. The molecule has 0 radical (unpaired) electrons. The molecule has 0 aliphatic rings. The number of carbonyl (C=O) groups excluding carboxylic acids is 1. The second-order valence-electron chi connectivity index (χ2n) is 9.12. The number of hydrogen-bond acceptors (Lipinski definition) is 4. The Morgan fingerprint density at radius 2 is 1.81 bits per heavy atom. The van der Waals surface area contributed by atoms with Crippen LogP contribution in [0.3, 0.4) is 0 Å². The number of benzene rings is 3. The van der Waals surface area contributed by atoms with Crippen molar-refractivity contribution in [1.82, 2.24) is 9.78 Å². The largest absolute Gasteiger partial charge is 0.464 e. The Morgan fingerprint density at radius 3 is 2.46 bits per heavy atom. The number of anilines is 1. The zero-order valence-corrected chi connectivity index (χ0v) is 22.6. The summed E-state index contributed by atoms with van der Waals surface area (Å²) in [5.74, 6) is -1.18. The summed E-state index contributed by atoms with van der Waals surface area (Å²) in [5.41, 5.74) is 4.53. The topological polar surface area (TPSA) is 56.1 Å². The van der Waals surface area contributed by atoms with E-state index in [9.17, 15) is 4.79 Å². The molecule has 0 saturated heterocycles. The Kier molecular flexibility index (Phi) is 8.20. The van der Waals surface area contributed by atoms with Crippen LogP contribution in [0.5, 0.6) is 0 Å². The molecule has 1 aromatic heterocycles. The number of carbonyl (C=O) groups is 1. The highest BCUT2D eigenvalue weighted by Gasteiger charge is 2.33. The average molecular weight is 540 g/mol. The quantitative estimate of drug-likeness (QED) is 0.232. The van der Waals surface area contributed by atoms with Crippen molar-refractivity contribution in [2.75, 3.05) is 12.4 Å². The molecular formula is C29H28Cl2FN3O2. The fourth-order valence-electron chi connectivity index (χ4n) is 4.55. The summed E-state index contributed by atoms with van der Waals surface area (Å²) >= 11 is 12.4. The van der Waals surface area contributed by atoms with Gasteiger partial charge in [-0.2, -0.15) is 5.10 Å². The molecular weight excluding hydrogens is 512 g/mol. The van der Waals surface area contributed by atoms with Crippen LogP contribution >= 0.6 is 23.2 Å². The summed E-state index contributed by atoms with van der Waals surface area (Å²) < 4.78 is 22.1. The van der Waals surface area contributed by atoms with E-state index in [0.29, 0.717) is 17.1 Å². The fraction of sp³-hybridized carbons (Fsp3) is 0.241. The number of hydrogen-bond donors (Lipinski definition) is 1. The third kappa shape index (κ3) is 5.65. The van der Waals surface area contributed by atoms with E-state index in [4.69, 9.17) is 33.0 Å². The van der Waals surface area contributed by atoms with Gasteiger partial charge in [0.25, 0.3) is 0 Å². The molecule has 0 amide bonds. The first-order valence-electron chi connectivity index (χ1n) is 11.9. The number of methoxy groups -OCH3 is 1. The Balaban J connectivity index is 1.99. The van der Waals surface area contributed by atoms with Crippen LogP contribution in [0.2, 0.25) is 10.0 Å². The van der Waals surface area contributed by atoms with Gasteiger partial charge in [0.1, 0.15) is 0 Å². The zero-order valence-electron chi connectivity index (χ0n) is 21.1. The molecule has 37 heavy (non-hydrogen) atoms. The summed E-state index contributed by atoms with van der Waals surface area (Å²) in [7, 11) is 1.32. The second kappa shape index (κ2) is 11.4. The Bertz CT molecular complexity index is 1420. The first-order valence-corrected chi connectivity index (χ1v) is 12.7. The third-order valence-electron chi connectivity index (χ3n) is 6.21. The summed E-state index contributed by atoms with van der Waals surface area (Å²) in [4.78, 5) is 13.1. The number of esters is 1. The van der Waals surface area contributed by atoms with Gasteiger partial charge in [0.2, 0.25) is 0 Å². The van der Waals surface area contributed by atoms with Crippen LogP contribution in [0.1, 0.15) is 64.2 Å². The van der Waals surface area contributed by atoms with E-state index in [1.165, 1.54) is 13.2 Å². The normalized spacial score (nSPS) is 12.0. The number of aromatic nitrogens is 2. The minimum absolute atomic E-state index is 0.00590. The lowest BCUT2D eigenvalue weighted by molar-refractivity contribution is 0.0591. The van der Waals surface area contributed by atoms with Crippen molar-refractivity contribution >= 4 is 34.9 Å². The van der Waals surface area contributed by atoms with Gasteiger partial charge in [-0.3, -0.25) is 4.68 Å². The minimum Gasteiger partial charge on any atom is -0.464 e. The van der Waals surface area contributed by atoms with Crippen LogP contribution in [-0.4, -0.2) is 22.9 Å². The molecule has 1 atom stereocenters. The molecule has 0 bridgehead atoms. The van der Waals surface area contributed by atoms with Crippen LogP contribution in [0.4, 0.5) is 10.1 Å². The number of halogens is 3. The fourth-order valence-corrected chi connectivity index (χ4v) is 4.95. The van der Waals surface area contributed by atoms with Gasteiger partial charge < -0.3 is 10.1 Å². The van der Waals surface area contributed by atoms with Crippen molar-refractivity contribution in [2.24, 2.45) is 0 Å². The molecule has 1 unspecified atom stereocenters. The van der Waals surface area contributed by atoms with Crippen LogP contribution < -0.4 is 5.32 Å². The van der Waals surface area contributed by atoms with Crippen LogP contribution in [0.25, 0.3) is 0 Å². The highest BCUT2D eigenvalue weighted by atomic mass is 35.5. The number of rotatable bonds is 8. The highest BCUT2D eigenvalue weighted by Crippen LogP contribution is 2.38. The van der Waals surface area contributed by atoms with Crippen LogP contribution in [-0.2, 0) is 11.3 Å². The smallest absolute Gasteiger partial charge is 0.358 e. The SMILES string of the molecule is COC(=O)c1nn(Cc2ccccc2)c(C(C)C)c1C(Nc1cccc(Cl)c1F)c1ccc(Cl)cc1C. The molecule has 1 N–H and O–H groups in total. The molecule has 0 fully saturated rings.